The number of aromatic nitrogens is 1. The number of rotatable bonds is 4. The average Bonchev–Trinajstić information content (AvgIpc) is 3.20. The number of amides is 1. The number of benzene rings is 2. The highest BCUT2D eigenvalue weighted by Gasteiger charge is 2.31. The summed E-state index contributed by atoms with van der Waals surface area (Å²) in [5, 5.41) is 0.737. The first-order valence-corrected chi connectivity index (χ1v) is 9.65. The third-order valence-electron chi connectivity index (χ3n) is 5.00. The molecule has 1 atom stereocenters. The fourth-order valence-corrected chi connectivity index (χ4v) is 3.78. The zero-order chi connectivity index (χ0) is 18.6. The molecule has 136 valence electrons. The van der Waals surface area contributed by atoms with Crippen LogP contribution in [0.3, 0.4) is 0 Å². The minimum absolute atomic E-state index is 0.0443. The highest BCUT2D eigenvalue weighted by atomic mass is 35.5. The third-order valence-corrected chi connectivity index (χ3v) is 5.25. The van der Waals surface area contributed by atoms with Gasteiger partial charge in [0.15, 0.2) is 0 Å². The van der Waals surface area contributed by atoms with E-state index in [0.29, 0.717) is 0 Å². The van der Waals surface area contributed by atoms with Crippen molar-refractivity contribution in [1.82, 2.24) is 9.88 Å². The van der Waals surface area contributed by atoms with Crippen LogP contribution in [0.15, 0.2) is 72.8 Å². The highest BCUT2D eigenvalue weighted by molar-refractivity contribution is 6.30. The molecule has 1 aliphatic heterocycles. The molecule has 0 radical (unpaired) electrons. The molecule has 2 heterocycles. The van der Waals surface area contributed by atoms with Crippen molar-refractivity contribution in [1.29, 1.82) is 0 Å². The summed E-state index contributed by atoms with van der Waals surface area (Å²) in [5.41, 5.74) is 3.89. The summed E-state index contributed by atoms with van der Waals surface area (Å²) in [4.78, 5) is 19.8. The summed E-state index contributed by atoms with van der Waals surface area (Å²) in [6, 6.07) is 23.5. The summed E-state index contributed by atoms with van der Waals surface area (Å²) in [5.74, 6) is 0.0861. The molecule has 4 heteroatoms. The van der Waals surface area contributed by atoms with Crippen molar-refractivity contribution in [3.63, 3.8) is 0 Å². The first-order chi connectivity index (χ1) is 13.2. The van der Waals surface area contributed by atoms with E-state index in [4.69, 9.17) is 16.6 Å². The van der Waals surface area contributed by atoms with Crippen LogP contribution in [-0.2, 0) is 6.42 Å². The van der Waals surface area contributed by atoms with Crippen LogP contribution in [0, 0.1) is 0 Å². The molecule has 4 rings (SSSR count). The smallest absolute Gasteiger partial charge is 0.254 e. The van der Waals surface area contributed by atoms with Crippen molar-refractivity contribution in [2.75, 3.05) is 6.54 Å². The average molecular weight is 377 g/mol. The van der Waals surface area contributed by atoms with Crippen molar-refractivity contribution in [2.24, 2.45) is 0 Å². The van der Waals surface area contributed by atoms with Gasteiger partial charge in [-0.05, 0) is 54.8 Å². The van der Waals surface area contributed by atoms with E-state index in [0.717, 1.165) is 47.8 Å². The fourth-order valence-electron chi connectivity index (χ4n) is 3.66. The molecule has 0 N–H and O–H groups in total. The zero-order valence-corrected chi connectivity index (χ0v) is 15.8. The molecule has 1 saturated heterocycles. The predicted molar refractivity (Wildman–Crippen MR) is 108 cm³/mol. The number of nitrogens with zero attached hydrogens (tertiary/aromatic N) is 2. The van der Waals surface area contributed by atoms with Crippen molar-refractivity contribution in [2.45, 2.75) is 25.3 Å². The maximum atomic E-state index is 12.9. The topological polar surface area (TPSA) is 33.2 Å². The Kier molecular flexibility index (Phi) is 5.21. The lowest BCUT2D eigenvalue weighted by molar-refractivity contribution is 0.0733. The Bertz CT molecular complexity index is 925. The summed E-state index contributed by atoms with van der Waals surface area (Å²) in [6.07, 6.45) is 2.71. The molecule has 2 aromatic carbocycles. The predicted octanol–water partition coefficient (Wildman–Crippen LogP) is 5.30. The number of pyridine rings is 1. The van der Waals surface area contributed by atoms with Gasteiger partial charge in [0.05, 0.1) is 11.7 Å². The van der Waals surface area contributed by atoms with Crippen LogP contribution >= 0.6 is 11.6 Å². The molecule has 0 saturated carbocycles. The van der Waals surface area contributed by atoms with Crippen LogP contribution < -0.4 is 0 Å². The van der Waals surface area contributed by atoms with Gasteiger partial charge < -0.3 is 4.90 Å². The zero-order valence-electron chi connectivity index (χ0n) is 15.0. The summed E-state index contributed by atoms with van der Waals surface area (Å²) in [7, 11) is 0. The first-order valence-electron chi connectivity index (χ1n) is 9.27. The summed E-state index contributed by atoms with van der Waals surface area (Å²) < 4.78 is 0. The van der Waals surface area contributed by atoms with E-state index in [2.05, 4.69) is 0 Å². The van der Waals surface area contributed by atoms with Gasteiger partial charge in [-0.25, -0.2) is 0 Å². The lowest BCUT2D eigenvalue weighted by Crippen LogP contribution is -2.31. The van der Waals surface area contributed by atoms with Crippen molar-refractivity contribution < 1.29 is 4.79 Å². The number of hydrogen-bond acceptors (Lipinski definition) is 2. The second kappa shape index (κ2) is 7.93. The van der Waals surface area contributed by atoms with Crippen molar-refractivity contribution >= 4 is 17.5 Å². The van der Waals surface area contributed by atoms with Crippen LogP contribution in [-0.4, -0.2) is 22.3 Å². The van der Waals surface area contributed by atoms with Crippen LogP contribution in [0.1, 0.15) is 46.2 Å². The number of carbonyl (C=O) groups is 1. The SMILES string of the molecule is O=C(c1ccccc1)N1CCC[C@@H]1c1cccc(Cc2ccc(Cl)cc2)n1. The molecule has 0 bridgehead atoms. The molecule has 1 aromatic heterocycles. The van der Waals surface area contributed by atoms with Crippen LogP contribution in [0.25, 0.3) is 0 Å². The van der Waals surface area contributed by atoms with Gasteiger partial charge in [-0.2, -0.15) is 0 Å². The highest BCUT2D eigenvalue weighted by Crippen LogP contribution is 2.32. The van der Waals surface area contributed by atoms with E-state index in [1.807, 2.05) is 77.7 Å². The van der Waals surface area contributed by atoms with Crippen LogP contribution in [0.2, 0.25) is 5.02 Å². The lowest BCUT2D eigenvalue weighted by atomic mass is 10.1. The molecule has 0 aliphatic carbocycles. The van der Waals surface area contributed by atoms with Gasteiger partial charge in [-0.15, -0.1) is 0 Å². The van der Waals surface area contributed by atoms with Crippen LogP contribution in [0.4, 0.5) is 0 Å². The maximum absolute atomic E-state index is 12.9. The molecule has 1 fully saturated rings. The molecule has 3 aromatic rings. The van der Waals surface area contributed by atoms with E-state index >= 15 is 0 Å². The van der Waals surface area contributed by atoms with E-state index < -0.39 is 0 Å². The number of halogens is 1. The molecule has 1 aliphatic rings. The normalized spacial score (nSPS) is 16.5. The fraction of sp³-hybridized carbons (Fsp3) is 0.217. The second-order valence-electron chi connectivity index (χ2n) is 6.88. The van der Waals surface area contributed by atoms with E-state index in [1.54, 1.807) is 0 Å². The Hall–Kier alpha value is -2.65. The Morgan fingerprint density at radius 3 is 2.56 bits per heavy atom. The van der Waals surface area contributed by atoms with Gasteiger partial charge in [-0.1, -0.05) is 48.0 Å². The Morgan fingerprint density at radius 2 is 1.78 bits per heavy atom. The quantitative estimate of drug-likeness (QED) is 0.618. The van der Waals surface area contributed by atoms with Crippen molar-refractivity contribution in [3.8, 4) is 0 Å². The van der Waals surface area contributed by atoms with Crippen molar-refractivity contribution in [3.05, 3.63) is 100 Å². The third kappa shape index (κ3) is 4.04. The maximum Gasteiger partial charge on any atom is 0.254 e. The number of hydrogen-bond donors (Lipinski definition) is 0. The standard InChI is InChI=1S/C23H21ClN2O/c24-19-13-11-17(12-14-19)16-20-8-4-9-21(25-20)22-10-5-15-26(22)23(27)18-6-2-1-3-7-18/h1-4,6-9,11-14,22H,5,10,15-16H2/t22-/m1/s1. The summed E-state index contributed by atoms with van der Waals surface area (Å²) in [6.45, 7) is 0.779. The number of carbonyl (C=O) groups excluding carboxylic acids is 1. The van der Waals surface area contributed by atoms with E-state index in [1.165, 1.54) is 5.56 Å². The minimum atomic E-state index is 0.0443. The van der Waals surface area contributed by atoms with Gasteiger partial charge in [0.2, 0.25) is 0 Å². The first kappa shape index (κ1) is 17.7. The largest absolute Gasteiger partial charge is 0.330 e. The molecule has 27 heavy (non-hydrogen) atoms. The second-order valence-corrected chi connectivity index (χ2v) is 7.32. The Morgan fingerprint density at radius 1 is 1.00 bits per heavy atom. The minimum Gasteiger partial charge on any atom is -0.330 e. The molecular weight excluding hydrogens is 356 g/mol. The van der Waals surface area contributed by atoms with E-state index in [9.17, 15) is 4.79 Å². The molecule has 1 amide bonds. The molecular formula is C23H21ClN2O. The molecule has 3 nitrogen and oxygen atoms in total. The Balaban J connectivity index is 1.55. The van der Waals surface area contributed by atoms with Gasteiger partial charge in [0, 0.05) is 29.2 Å². The lowest BCUT2D eigenvalue weighted by Gasteiger charge is -2.25. The monoisotopic (exact) mass is 376 g/mol. The van der Waals surface area contributed by atoms with Gasteiger partial charge in [0.25, 0.3) is 5.91 Å². The molecule has 0 unspecified atom stereocenters. The Labute approximate surface area is 164 Å². The summed E-state index contributed by atoms with van der Waals surface area (Å²) >= 11 is 5.97. The molecule has 0 spiro atoms. The van der Waals surface area contributed by atoms with E-state index in [-0.39, 0.29) is 11.9 Å². The van der Waals surface area contributed by atoms with Gasteiger partial charge in [-0.3, -0.25) is 9.78 Å². The van der Waals surface area contributed by atoms with Gasteiger partial charge >= 0.3 is 0 Å². The van der Waals surface area contributed by atoms with Gasteiger partial charge in [0.1, 0.15) is 0 Å². The number of likely N-dealkylation sites (tertiary alicyclic amines) is 1. The van der Waals surface area contributed by atoms with Crippen LogP contribution in [0.5, 0.6) is 0 Å².